The van der Waals surface area contributed by atoms with Gasteiger partial charge in [0.15, 0.2) is 0 Å². The Morgan fingerprint density at radius 3 is 2.64 bits per heavy atom. The Morgan fingerprint density at radius 2 is 2.14 bits per heavy atom. The zero-order chi connectivity index (χ0) is 10.2. The van der Waals surface area contributed by atoms with Gasteiger partial charge in [-0.3, -0.25) is 5.10 Å². The average Bonchev–Trinajstić information content (AvgIpc) is 2.73. The summed E-state index contributed by atoms with van der Waals surface area (Å²) in [5.41, 5.74) is -0.0161. The molecule has 0 aromatic carbocycles. The minimum absolute atomic E-state index is 0.537. The van der Waals surface area contributed by atoms with Gasteiger partial charge in [0.05, 0.1) is 16.1 Å². The zero-order valence-electron chi connectivity index (χ0n) is 6.80. The van der Waals surface area contributed by atoms with Crippen molar-refractivity contribution in [1.29, 1.82) is 0 Å². The van der Waals surface area contributed by atoms with E-state index in [1.54, 1.807) is 6.07 Å². The minimum atomic E-state index is -4.27. The van der Waals surface area contributed by atoms with Gasteiger partial charge >= 0.3 is 6.18 Å². The number of H-pyrrole nitrogens is 1. The average molecular weight is 218 g/mol. The van der Waals surface area contributed by atoms with E-state index in [9.17, 15) is 13.2 Å². The number of hydrogen-bond donors (Lipinski definition) is 1. The molecule has 0 unspecified atom stereocenters. The molecule has 6 heteroatoms. The Kier molecular flexibility index (Phi) is 2.07. The van der Waals surface area contributed by atoms with Crippen molar-refractivity contribution in [3.8, 4) is 10.6 Å². The molecule has 14 heavy (non-hydrogen) atoms. The number of aromatic amines is 1. The second kappa shape index (κ2) is 3.13. The zero-order valence-corrected chi connectivity index (χ0v) is 7.62. The summed E-state index contributed by atoms with van der Waals surface area (Å²) in [5.74, 6) is 0. The largest absolute Gasteiger partial charge is 0.417 e. The number of alkyl halides is 3. The molecule has 0 saturated carbocycles. The van der Waals surface area contributed by atoms with Gasteiger partial charge in [-0.2, -0.15) is 18.3 Å². The molecule has 2 rings (SSSR count). The second-order valence-electron chi connectivity index (χ2n) is 2.67. The van der Waals surface area contributed by atoms with Crippen molar-refractivity contribution < 1.29 is 13.2 Å². The van der Waals surface area contributed by atoms with E-state index in [1.165, 1.54) is 6.20 Å². The maximum atomic E-state index is 12.2. The molecule has 0 fully saturated rings. The molecule has 2 nitrogen and oxygen atoms in total. The van der Waals surface area contributed by atoms with Crippen LogP contribution in [-0.4, -0.2) is 10.2 Å². The molecule has 2 aromatic rings. The number of nitrogens with zero attached hydrogens (tertiary/aromatic N) is 1. The van der Waals surface area contributed by atoms with Crippen molar-refractivity contribution in [1.82, 2.24) is 10.2 Å². The molecule has 2 heterocycles. The van der Waals surface area contributed by atoms with Gasteiger partial charge in [0.1, 0.15) is 0 Å². The third-order valence-electron chi connectivity index (χ3n) is 1.69. The fourth-order valence-corrected chi connectivity index (χ4v) is 1.91. The van der Waals surface area contributed by atoms with Gasteiger partial charge in [0, 0.05) is 11.6 Å². The summed E-state index contributed by atoms with van der Waals surface area (Å²) >= 11 is 1.04. The van der Waals surface area contributed by atoms with E-state index in [0.29, 0.717) is 10.6 Å². The van der Waals surface area contributed by atoms with Crippen molar-refractivity contribution in [2.45, 2.75) is 6.18 Å². The lowest BCUT2D eigenvalue weighted by Crippen LogP contribution is -2.01. The van der Waals surface area contributed by atoms with Crippen LogP contribution in [0.5, 0.6) is 0 Å². The molecule has 0 saturated heterocycles. The Bertz CT molecular complexity index is 416. The molecule has 0 spiro atoms. The molecule has 0 bridgehead atoms. The highest BCUT2D eigenvalue weighted by molar-refractivity contribution is 7.13. The van der Waals surface area contributed by atoms with Crippen LogP contribution in [0.25, 0.3) is 10.6 Å². The Hall–Kier alpha value is -1.30. The Labute approximate surface area is 81.4 Å². The molecule has 0 aliphatic carbocycles. The second-order valence-corrected chi connectivity index (χ2v) is 3.58. The summed E-state index contributed by atoms with van der Waals surface area (Å²) in [5, 5.41) is 7.38. The van der Waals surface area contributed by atoms with E-state index in [4.69, 9.17) is 0 Å². The van der Waals surface area contributed by atoms with Gasteiger partial charge in [-0.15, -0.1) is 11.3 Å². The van der Waals surface area contributed by atoms with Crippen molar-refractivity contribution >= 4 is 11.3 Å². The number of halogens is 3. The number of nitrogens with one attached hydrogen (secondary N) is 1. The number of thiophene rings is 1. The lowest BCUT2D eigenvalue weighted by molar-refractivity contribution is -0.137. The number of aromatic nitrogens is 2. The van der Waals surface area contributed by atoms with Crippen LogP contribution in [0.3, 0.4) is 0 Å². The highest BCUT2D eigenvalue weighted by Crippen LogP contribution is 2.35. The molecule has 0 atom stereocenters. The van der Waals surface area contributed by atoms with Crippen LogP contribution < -0.4 is 0 Å². The van der Waals surface area contributed by atoms with Crippen LogP contribution in [0.2, 0.25) is 0 Å². The smallest absolute Gasteiger partial charge is 0.277 e. The normalized spacial score (nSPS) is 11.9. The van der Waals surface area contributed by atoms with Gasteiger partial charge in [0.25, 0.3) is 0 Å². The first-order valence-corrected chi connectivity index (χ1v) is 4.61. The summed E-state index contributed by atoms with van der Waals surface area (Å²) in [6.07, 6.45) is -2.77. The third-order valence-corrected chi connectivity index (χ3v) is 2.66. The fraction of sp³-hybridized carbons (Fsp3) is 0.125. The predicted molar refractivity (Wildman–Crippen MR) is 46.9 cm³/mol. The minimum Gasteiger partial charge on any atom is -0.277 e. The molecular formula is C8H5F3N2S. The highest BCUT2D eigenvalue weighted by Gasteiger charge is 2.31. The first kappa shape index (κ1) is 9.26. The van der Waals surface area contributed by atoms with Gasteiger partial charge in [0.2, 0.25) is 0 Å². The number of rotatable bonds is 1. The van der Waals surface area contributed by atoms with E-state index >= 15 is 0 Å². The van der Waals surface area contributed by atoms with Crippen molar-refractivity contribution in [2.75, 3.05) is 0 Å². The first-order chi connectivity index (χ1) is 6.57. The van der Waals surface area contributed by atoms with Crippen molar-refractivity contribution in [3.63, 3.8) is 0 Å². The van der Waals surface area contributed by atoms with Crippen molar-refractivity contribution in [2.24, 2.45) is 0 Å². The standard InChI is InChI=1S/C8H5F3N2S/c9-8(10,11)5-3-7(14-4-5)6-1-2-12-13-6/h1-4H,(H,12,13). The maximum absolute atomic E-state index is 12.2. The van der Waals surface area contributed by atoms with E-state index in [2.05, 4.69) is 10.2 Å². The molecule has 0 amide bonds. The van der Waals surface area contributed by atoms with Crippen LogP contribution in [0.15, 0.2) is 23.7 Å². The molecule has 0 aliphatic rings. The monoisotopic (exact) mass is 218 g/mol. The van der Waals surface area contributed by atoms with Crippen LogP contribution in [0, 0.1) is 0 Å². The van der Waals surface area contributed by atoms with E-state index in [-0.39, 0.29) is 0 Å². The van der Waals surface area contributed by atoms with Crippen molar-refractivity contribution in [3.05, 3.63) is 29.3 Å². The first-order valence-electron chi connectivity index (χ1n) is 3.73. The maximum Gasteiger partial charge on any atom is 0.417 e. The van der Waals surface area contributed by atoms with Gasteiger partial charge in [-0.05, 0) is 12.1 Å². The molecule has 0 aliphatic heterocycles. The summed E-state index contributed by atoms with van der Waals surface area (Å²) in [7, 11) is 0. The van der Waals surface area contributed by atoms with Gasteiger partial charge in [-0.1, -0.05) is 0 Å². The quantitative estimate of drug-likeness (QED) is 0.782. The van der Waals surface area contributed by atoms with Crippen LogP contribution >= 0.6 is 11.3 Å². The van der Waals surface area contributed by atoms with Crippen LogP contribution in [0.1, 0.15) is 5.56 Å². The summed E-state index contributed by atoms with van der Waals surface area (Å²) in [6.45, 7) is 0. The molecule has 1 N–H and O–H groups in total. The van der Waals surface area contributed by atoms with Gasteiger partial charge in [-0.25, -0.2) is 0 Å². The summed E-state index contributed by atoms with van der Waals surface area (Å²) in [4.78, 5) is 0.537. The van der Waals surface area contributed by atoms with E-state index < -0.39 is 11.7 Å². The molecule has 74 valence electrons. The highest BCUT2D eigenvalue weighted by atomic mass is 32.1. The van der Waals surface area contributed by atoms with Gasteiger partial charge < -0.3 is 0 Å². The molecule has 2 aromatic heterocycles. The third kappa shape index (κ3) is 1.65. The SMILES string of the molecule is FC(F)(F)c1csc(-c2ccn[nH]2)c1. The van der Waals surface area contributed by atoms with Crippen LogP contribution in [0.4, 0.5) is 13.2 Å². The number of hydrogen-bond acceptors (Lipinski definition) is 2. The fourth-order valence-electron chi connectivity index (χ4n) is 1.02. The molecular weight excluding hydrogens is 213 g/mol. The van der Waals surface area contributed by atoms with E-state index in [1.807, 2.05) is 0 Å². The predicted octanol–water partition coefficient (Wildman–Crippen LogP) is 3.16. The van der Waals surface area contributed by atoms with E-state index in [0.717, 1.165) is 22.8 Å². The summed E-state index contributed by atoms with van der Waals surface area (Å²) in [6, 6.07) is 2.74. The lowest BCUT2D eigenvalue weighted by Gasteiger charge is -2.00. The topological polar surface area (TPSA) is 28.7 Å². The summed E-state index contributed by atoms with van der Waals surface area (Å²) < 4.78 is 36.7. The van der Waals surface area contributed by atoms with Crippen LogP contribution in [-0.2, 0) is 6.18 Å². The lowest BCUT2D eigenvalue weighted by atomic mass is 10.2. The Balaban J connectivity index is 2.36. The Morgan fingerprint density at radius 1 is 1.36 bits per heavy atom. The molecule has 0 radical (unpaired) electrons.